The van der Waals surface area contributed by atoms with Gasteiger partial charge in [0.2, 0.25) is 5.91 Å². The van der Waals surface area contributed by atoms with Crippen molar-refractivity contribution < 1.29 is 14.3 Å². The molecule has 1 aliphatic carbocycles. The summed E-state index contributed by atoms with van der Waals surface area (Å²) in [5.41, 5.74) is 1.78. The Morgan fingerprint density at radius 3 is 2.37 bits per heavy atom. The summed E-state index contributed by atoms with van der Waals surface area (Å²) in [5, 5.41) is 4.40. The van der Waals surface area contributed by atoms with Gasteiger partial charge in [0, 0.05) is 6.04 Å². The summed E-state index contributed by atoms with van der Waals surface area (Å²) in [7, 11) is 1.59. The number of aryl methyl sites for hydroxylation is 2. The number of amides is 2. The zero-order valence-corrected chi connectivity index (χ0v) is 21.8. The number of methoxy groups -OCH3 is 1. The van der Waals surface area contributed by atoms with Crippen molar-refractivity contribution in [2.45, 2.75) is 58.0 Å². The molecule has 0 saturated heterocycles. The molecule has 0 spiro atoms. The second kappa shape index (κ2) is 11.2. The first-order valence-corrected chi connectivity index (χ1v) is 13.0. The van der Waals surface area contributed by atoms with Gasteiger partial charge in [-0.3, -0.25) is 14.5 Å². The first-order valence-electron chi connectivity index (χ1n) is 11.9. The first kappa shape index (κ1) is 25.2. The van der Waals surface area contributed by atoms with Crippen molar-refractivity contribution in [2.24, 2.45) is 0 Å². The van der Waals surface area contributed by atoms with E-state index < -0.39 is 6.04 Å². The van der Waals surface area contributed by atoms with Crippen molar-refractivity contribution in [3.05, 3.63) is 74.7 Å². The summed E-state index contributed by atoms with van der Waals surface area (Å²) in [6.45, 7) is 3.68. The van der Waals surface area contributed by atoms with E-state index in [-0.39, 0.29) is 17.9 Å². The van der Waals surface area contributed by atoms with Gasteiger partial charge in [0.05, 0.1) is 28.5 Å². The van der Waals surface area contributed by atoms with E-state index in [1.54, 1.807) is 37.4 Å². The van der Waals surface area contributed by atoms with Crippen molar-refractivity contribution in [2.75, 3.05) is 12.0 Å². The minimum atomic E-state index is -0.919. The van der Waals surface area contributed by atoms with E-state index in [2.05, 4.69) is 10.3 Å². The molecule has 3 aromatic rings. The summed E-state index contributed by atoms with van der Waals surface area (Å²) in [6, 6.07) is 13.5. The molecule has 1 atom stereocenters. The van der Waals surface area contributed by atoms with E-state index in [4.69, 9.17) is 16.3 Å². The monoisotopic (exact) mass is 511 g/mol. The number of anilines is 1. The van der Waals surface area contributed by atoms with E-state index in [1.807, 2.05) is 32.0 Å². The predicted molar refractivity (Wildman–Crippen MR) is 141 cm³/mol. The van der Waals surface area contributed by atoms with Crippen LogP contribution in [0.3, 0.4) is 0 Å². The average molecular weight is 512 g/mol. The molecule has 1 unspecified atom stereocenters. The molecular formula is C27H30ClN3O3S. The van der Waals surface area contributed by atoms with Crippen LogP contribution in [-0.4, -0.2) is 29.9 Å². The van der Waals surface area contributed by atoms with Crippen LogP contribution >= 0.6 is 22.9 Å². The number of nitrogens with zero attached hydrogens (tertiary/aromatic N) is 2. The van der Waals surface area contributed by atoms with Crippen LogP contribution in [0.1, 0.15) is 64.1 Å². The number of carbonyl (C=O) groups is 2. The number of carbonyl (C=O) groups excluding carboxylic acids is 2. The fourth-order valence-electron chi connectivity index (χ4n) is 4.58. The molecule has 184 valence electrons. The van der Waals surface area contributed by atoms with Crippen LogP contribution in [0.5, 0.6) is 5.75 Å². The van der Waals surface area contributed by atoms with Gasteiger partial charge >= 0.3 is 0 Å². The number of thiazole rings is 1. The molecule has 1 aliphatic rings. The largest absolute Gasteiger partial charge is 0.497 e. The lowest BCUT2D eigenvalue weighted by molar-refractivity contribution is -0.123. The Hall–Kier alpha value is -2.90. The van der Waals surface area contributed by atoms with Crippen LogP contribution in [0.15, 0.2) is 48.5 Å². The van der Waals surface area contributed by atoms with Crippen molar-refractivity contribution >= 4 is 40.4 Å². The number of hydrogen-bond donors (Lipinski definition) is 1. The highest BCUT2D eigenvalue weighted by Crippen LogP contribution is 2.36. The van der Waals surface area contributed by atoms with Gasteiger partial charge < -0.3 is 10.1 Å². The number of benzene rings is 2. The molecule has 1 N–H and O–H groups in total. The van der Waals surface area contributed by atoms with Crippen LogP contribution in [-0.2, 0) is 4.79 Å². The zero-order chi connectivity index (χ0) is 24.9. The Bertz CT molecular complexity index is 1190. The van der Waals surface area contributed by atoms with Crippen molar-refractivity contribution in [3.63, 3.8) is 0 Å². The van der Waals surface area contributed by atoms with Gasteiger partial charge in [-0.05, 0) is 56.5 Å². The van der Waals surface area contributed by atoms with Gasteiger partial charge in [0.25, 0.3) is 5.91 Å². The fourth-order valence-corrected chi connectivity index (χ4v) is 5.67. The van der Waals surface area contributed by atoms with Gasteiger partial charge in [0.1, 0.15) is 16.7 Å². The smallest absolute Gasteiger partial charge is 0.271 e. The molecule has 1 aromatic heterocycles. The lowest BCUT2D eigenvalue weighted by atomic mass is 9.94. The van der Waals surface area contributed by atoms with Gasteiger partial charge in [0.15, 0.2) is 0 Å². The number of halogens is 1. The van der Waals surface area contributed by atoms with Crippen LogP contribution in [0.2, 0.25) is 5.02 Å². The maximum Gasteiger partial charge on any atom is 0.271 e. The van der Waals surface area contributed by atoms with Gasteiger partial charge in [-0.15, -0.1) is 11.3 Å². The fraction of sp³-hybridized carbons (Fsp3) is 0.370. The normalized spacial score (nSPS) is 14.9. The van der Waals surface area contributed by atoms with Gasteiger partial charge in [-0.1, -0.05) is 55.1 Å². The Balaban J connectivity index is 1.83. The summed E-state index contributed by atoms with van der Waals surface area (Å²) in [6.07, 6.45) is 5.24. The average Bonchev–Trinajstić information content (AvgIpc) is 3.21. The minimum absolute atomic E-state index is 0.0904. The number of ether oxygens (including phenoxy) is 1. The summed E-state index contributed by atoms with van der Waals surface area (Å²) in [4.78, 5) is 34.5. The van der Waals surface area contributed by atoms with E-state index in [0.29, 0.717) is 32.6 Å². The number of para-hydroxylation sites is 1. The molecule has 2 aromatic carbocycles. The number of hydrogen-bond acceptors (Lipinski definition) is 5. The third-order valence-electron chi connectivity index (χ3n) is 6.32. The number of rotatable bonds is 7. The Kier molecular flexibility index (Phi) is 8.08. The topological polar surface area (TPSA) is 71.5 Å². The van der Waals surface area contributed by atoms with Crippen LogP contribution in [0, 0.1) is 13.8 Å². The zero-order valence-electron chi connectivity index (χ0n) is 20.2. The highest BCUT2D eigenvalue weighted by molar-refractivity contribution is 7.13. The lowest BCUT2D eigenvalue weighted by Gasteiger charge is -2.33. The van der Waals surface area contributed by atoms with E-state index >= 15 is 0 Å². The van der Waals surface area contributed by atoms with E-state index in [9.17, 15) is 9.59 Å². The highest BCUT2D eigenvalue weighted by Gasteiger charge is 2.36. The number of aromatic nitrogens is 1. The maximum atomic E-state index is 14.1. The molecule has 1 saturated carbocycles. The van der Waals surface area contributed by atoms with Crippen molar-refractivity contribution in [1.29, 1.82) is 0 Å². The van der Waals surface area contributed by atoms with E-state index in [0.717, 1.165) is 30.7 Å². The summed E-state index contributed by atoms with van der Waals surface area (Å²) < 4.78 is 5.32. The molecular weight excluding hydrogens is 482 g/mol. The molecule has 2 amide bonds. The Morgan fingerprint density at radius 1 is 1.09 bits per heavy atom. The third-order valence-corrected chi connectivity index (χ3v) is 7.70. The molecule has 1 fully saturated rings. The molecule has 0 aliphatic heterocycles. The van der Waals surface area contributed by atoms with Crippen molar-refractivity contribution in [1.82, 2.24) is 10.3 Å². The van der Waals surface area contributed by atoms with Crippen LogP contribution in [0.4, 0.5) is 5.69 Å². The van der Waals surface area contributed by atoms with Crippen molar-refractivity contribution in [3.8, 4) is 5.75 Å². The SMILES string of the molecule is COc1ccc(C(C(=O)NC2CCCCC2)N(C(=O)c2sc(C)nc2C)c2ccccc2Cl)cc1. The highest BCUT2D eigenvalue weighted by atomic mass is 35.5. The second-order valence-electron chi connectivity index (χ2n) is 8.79. The minimum Gasteiger partial charge on any atom is -0.497 e. The third kappa shape index (κ3) is 5.68. The molecule has 1 heterocycles. The summed E-state index contributed by atoms with van der Waals surface area (Å²) in [5.74, 6) is 0.139. The molecule has 0 radical (unpaired) electrons. The molecule has 6 nitrogen and oxygen atoms in total. The lowest BCUT2D eigenvalue weighted by Crippen LogP contribution is -2.47. The molecule has 4 rings (SSSR count). The Labute approximate surface area is 215 Å². The molecule has 35 heavy (non-hydrogen) atoms. The predicted octanol–water partition coefficient (Wildman–Crippen LogP) is 6.26. The standard InChI is InChI=1S/C27H30ClN3O3S/c1-17-25(35-18(2)29-17)27(33)31(23-12-8-7-11-22(23)28)24(19-13-15-21(34-3)16-14-19)26(32)30-20-9-5-4-6-10-20/h7-8,11-16,20,24H,4-6,9-10H2,1-3H3,(H,30,32). The van der Waals surface area contributed by atoms with Crippen LogP contribution < -0.4 is 15.0 Å². The molecule has 0 bridgehead atoms. The van der Waals surface area contributed by atoms with Crippen LogP contribution in [0.25, 0.3) is 0 Å². The van der Waals surface area contributed by atoms with Gasteiger partial charge in [-0.25, -0.2) is 4.98 Å². The Morgan fingerprint density at radius 2 is 1.77 bits per heavy atom. The second-order valence-corrected chi connectivity index (χ2v) is 10.4. The number of nitrogens with one attached hydrogen (secondary N) is 1. The van der Waals surface area contributed by atoms with Gasteiger partial charge in [-0.2, -0.15) is 0 Å². The van der Waals surface area contributed by atoms with E-state index in [1.165, 1.54) is 22.7 Å². The quantitative estimate of drug-likeness (QED) is 0.406. The molecule has 8 heteroatoms. The summed E-state index contributed by atoms with van der Waals surface area (Å²) >= 11 is 7.93. The first-order chi connectivity index (χ1) is 16.9. The maximum absolute atomic E-state index is 14.1.